The van der Waals surface area contributed by atoms with Crippen LogP contribution < -0.4 is 10.6 Å². The quantitative estimate of drug-likeness (QED) is 0.566. The van der Waals surface area contributed by atoms with Crippen LogP contribution in [0, 0.1) is 13.8 Å². The number of carbonyl (C=O) groups excluding carboxylic acids is 4. The number of benzene rings is 1. The zero-order valence-electron chi connectivity index (χ0n) is 15.1. The van der Waals surface area contributed by atoms with Gasteiger partial charge in [0.2, 0.25) is 5.91 Å². The fourth-order valence-electron chi connectivity index (χ4n) is 2.48. The van der Waals surface area contributed by atoms with Crippen LogP contribution in [0.25, 0.3) is 0 Å². The number of nitrogens with one attached hydrogen (secondary N) is 2. The zero-order valence-corrected chi connectivity index (χ0v) is 15.1. The van der Waals surface area contributed by atoms with Crippen LogP contribution in [-0.2, 0) is 19.1 Å². The Morgan fingerprint density at radius 3 is 2.69 bits per heavy atom. The van der Waals surface area contributed by atoms with E-state index in [0.29, 0.717) is 5.69 Å². The van der Waals surface area contributed by atoms with Crippen LogP contribution in [-0.4, -0.2) is 47.9 Å². The van der Waals surface area contributed by atoms with E-state index in [4.69, 9.17) is 4.74 Å². The summed E-state index contributed by atoms with van der Waals surface area (Å²) in [4.78, 5) is 47.9. The predicted molar refractivity (Wildman–Crippen MR) is 94.4 cm³/mol. The standard InChI is InChI=1S/C18H23N3O5/c1-11-6-7-12(2)14(9-11)20-17(24)13(3)26-16(23)5-4-8-21-15(22)10-19-18(21)25/h6-7,9,13H,4-5,8,10H2,1-3H3,(H,19,25)(H,20,24)/t13-/m1/s1. The van der Waals surface area contributed by atoms with Crippen LogP contribution in [0.4, 0.5) is 10.5 Å². The third-order valence-electron chi connectivity index (χ3n) is 4.03. The maximum absolute atomic E-state index is 12.2. The molecular formula is C18H23N3O5. The van der Waals surface area contributed by atoms with Crippen molar-refractivity contribution in [3.8, 4) is 0 Å². The van der Waals surface area contributed by atoms with E-state index < -0.39 is 24.0 Å². The Kier molecular flexibility index (Phi) is 6.32. The second kappa shape index (κ2) is 8.46. The van der Waals surface area contributed by atoms with Gasteiger partial charge in [-0.15, -0.1) is 0 Å². The molecule has 0 bridgehead atoms. The lowest BCUT2D eigenvalue weighted by atomic mass is 10.1. The number of urea groups is 1. The first-order chi connectivity index (χ1) is 12.3. The van der Waals surface area contributed by atoms with Gasteiger partial charge >= 0.3 is 12.0 Å². The van der Waals surface area contributed by atoms with Crippen molar-refractivity contribution in [1.82, 2.24) is 10.2 Å². The second-order valence-corrected chi connectivity index (χ2v) is 6.25. The molecule has 0 saturated carbocycles. The summed E-state index contributed by atoms with van der Waals surface area (Å²) in [6.45, 7) is 5.42. The number of carbonyl (C=O) groups is 4. The lowest BCUT2D eigenvalue weighted by Gasteiger charge is -2.16. The summed E-state index contributed by atoms with van der Waals surface area (Å²) in [6.07, 6.45) is -0.652. The van der Waals surface area contributed by atoms with Crippen molar-refractivity contribution in [3.63, 3.8) is 0 Å². The summed E-state index contributed by atoms with van der Waals surface area (Å²) in [5, 5.41) is 5.15. The van der Waals surface area contributed by atoms with Gasteiger partial charge in [0, 0.05) is 18.7 Å². The van der Waals surface area contributed by atoms with E-state index >= 15 is 0 Å². The molecular weight excluding hydrogens is 338 g/mol. The summed E-state index contributed by atoms with van der Waals surface area (Å²) >= 11 is 0. The number of hydrogen-bond donors (Lipinski definition) is 2. The van der Waals surface area contributed by atoms with Gasteiger partial charge in [-0.25, -0.2) is 4.79 Å². The fourth-order valence-corrected chi connectivity index (χ4v) is 2.48. The monoisotopic (exact) mass is 361 g/mol. The van der Waals surface area contributed by atoms with Gasteiger partial charge in [0.05, 0.1) is 6.54 Å². The maximum Gasteiger partial charge on any atom is 0.324 e. The van der Waals surface area contributed by atoms with Crippen molar-refractivity contribution in [2.24, 2.45) is 0 Å². The number of hydrogen-bond acceptors (Lipinski definition) is 5. The smallest absolute Gasteiger partial charge is 0.324 e. The molecule has 0 spiro atoms. The molecule has 2 N–H and O–H groups in total. The molecule has 0 unspecified atom stereocenters. The molecule has 0 radical (unpaired) electrons. The van der Waals surface area contributed by atoms with Gasteiger partial charge in [0.1, 0.15) is 0 Å². The largest absolute Gasteiger partial charge is 0.453 e. The number of aryl methyl sites for hydroxylation is 2. The normalized spacial score (nSPS) is 14.8. The van der Waals surface area contributed by atoms with Gasteiger partial charge in [0.25, 0.3) is 5.91 Å². The minimum atomic E-state index is -0.945. The molecule has 0 aliphatic carbocycles. The van der Waals surface area contributed by atoms with Gasteiger partial charge in [-0.3, -0.25) is 19.3 Å². The Labute approximate surface area is 151 Å². The van der Waals surface area contributed by atoms with Crippen LogP contribution in [0.1, 0.15) is 30.9 Å². The number of nitrogens with zero attached hydrogens (tertiary/aromatic N) is 1. The molecule has 1 aromatic carbocycles. The average Bonchev–Trinajstić information content (AvgIpc) is 2.90. The number of anilines is 1. The highest BCUT2D eigenvalue weighted by Gasteiger charge is 2.28. The van der Waals surface area contributed by atoms with Crippen LogP contribution in [0.3, 0.4) is 0 Å². The SMILES string of the molecule is Cc1ccc(C)c(NC(=O)[C@@H](C)OC(=O)CCCN2C(=O)CNC2=O)c1. The molecule has 1 atom stereocenters. The van der Waals surface area contributed by atoms with E-state index in [1.807, 2.05) is 32.0 Å². The van der Waals surface area contributed by atoms with Crippen molar-refractivity contribution in [3.05, 3.63) is 29.3 Å². The first kappa shape index (κ1) is 19.4. The fraction of sp³-hybridized carbons (Fsp3) is 0.444. The Balaban J connectivity index is 1.77. The van der Waals surface area contributed by atoms with Gasteiger partial charge in [-0.2, -0.15) is 0 Å². The predicted octanol–water partition coefficient (Wildman–Crippen LogP) is 1.51. The topological polar surface area (TPSA) is 105 Å². The summed E-state index contributed by atoms with van der Waals surface area (Å²) in [5.74, 6) is -1.29. The maximum atomic E-state index is 12.2. The zero-order chi connectivity index (χ0) is 19.3. The summed E-state index contributed by atoms with van der Waals surface area (Å²) in [6, 6.07) is 5.24. The second-order valence-electron chi connectivity index (χ2n) is 6.25. The molecule has 26 heavy (non-hydrogen) atoms. The third-order valence-corrected chi connectivity index (χ3v) is 4.03. The molecule has 8 heteroatoms. The van der Waals surface area contributed by atoms with Crippen LogP contribution in [0.5, 0.6) is 0 Å². The third kappa shape index (κ3) is 5.05. The number of imide groups is 1. The molecule has 1 fully saturated rings. The summed E-state index contributed by atoms with van der Waals surface area (Å²) in [5.41, 5.74) is 2.60. The minimum absolute atomic E-state index is 0.0121. The van der Waals surface area contributed by atoms with Crippen molar-refractivity contribution >= 4 is 29.5 Å². The highest BCUT2D eigenvalue weighted by atomic mass is 16.5. The van der Waals surface area contributed by atoms with E-state index in [1.54, 1.807) is 0 Å². The summed E-state index contributed by atoms with van der Waals surface area (Å²) < 4.78 is 5.12. The lowest BCUT2D eigenvalue weighted by Crippen LogP contribution is -2.33. The van der Waals surface area contributed by atoms with E-state index in [2.05, 4.69) is 10.6 Å². The van der Waals surface area contributed by atoms with Gasteiger partial charge < -0.3 is 15.4 Å². The van der Waals surface area contributed by atoms with E-state index in [-0.39, 0.29) is 31.8 Å². The number of esters is 1. The molecule has 0 aromatic heterocycles. The molecule has 4 amide bonds. The van der Waals surface area contributed by atoms with Crippen molar-refractivity contribution < 1.29 is 23.9 Å². The molecule has 1 aliphatic rings. The molecule has 1 heterocycles. The molecule has 1 saturated heterocycles. The Morgan fingerprint density at radius 2 is 2.04 bits per heavy atom. The molecule has 140 valence electrons. The highest BCUT2D eigenvalue weighted by molar-refractivity contribution is 6.02. The lowest BCUT2D eigenvalue weighted by molar-refractivity contribution is -0.153. The van der Waals surface area contributed by atoms with E-state index in [0.717, 1.165) is 16.0 Å². The first-order valence-electron chi connectivity index (χ1n) is 8.43. The van der Waals surface area contributed by atoms with E-state index in [9.17, 15) is 19.2 Å². The number of amides is 4. The van der Waals surface area contributed by atoms with Gasteiger partial charge in [-0.05, 0) is 44.4 Å². The first-order valence-corrected chi connectivity index (χ1v) is 8.43. The Hall–Kier alpha value is -2.90. The van der Waals surface area contributed by atoms with Crippen molar-refractivity contribution in [1.29, 1.82) is 0 Å². The molecule has 1 aliphatic heterocycles. The number of ether oxygens (including phenoxy) is 1. The number of rotatable bonds is 7. The molecule has 2 rings (SSSR count). The molecule has 1 aromatic rings. The van der Waals surface area contributed by atoms with Crippen LogP contribution in [0.2, 0.25) is 0 Å². The van der Waals surface area contributed by atoms with Crippen molar-refractivity contribution in [2.75, 3.05) is 18.4 Å². The highest BCUT2D eigenvalue weighted by Crippen LogP contribution is 2.17. The van der Waals surface area contributed by atoms with Crippen LogP contribution >= 0.6 is 0 Å². The summed E-state index contributed by atoms with van der Waals surface area (Å²) in [7, 11) is 0. The van der Waals surface area contributed by atoms with Gasteiger partial charge in [-0.1, -0.05) is 12.1 Å². The Morgan fingerprint density at radius 1 is 1.31 bits per heavy atom. The minimum Gasteiger partial charge on any atom is -0.453 e. The van der Waals surface area contributed by atoms with E-state index in [1.165, 1.54) is 6.92 Å². The Bertz CT molecular complexity index is 716. The van der Waals surface area contributed by atoms with Crippen LogP contribution in [0.15, 0.2) is 18.2 Å². The average molecular weight is 361 g/mol. The molecule has 8 nitrogen and oxygen atoms in total. The van der Waals surface area contributed by atoms with Crippen molar-refractivity contribution in [2.45, 2.75) is 39.7 Å². The van der Waals surface area contributed by atoms with Gasteiger partial charge in [0.15, 0.2) is 6.10 Å².